The van der Waals surface area contributed by atoms with E-state index >= 15 is 0 Å². The van der Waals surface area contributed by atoms with Gasteiger partial charge in [0.2, 0.25) is 11.8 Å². The summed E-state index contributed by atoms with van der Waals surface area (Å²) in [6, 6.07) is 5.41. The van der Waals surface area contributed by atoms with Gasteiger partial charge in [-0.2, -0.15) is 0 Å². The van der Waals surface area contributed by atoms with Crippen LogP contribution in [0.1, 0.15) is 66.4 Å². The first-order chi connectivity index (χ1) is 18.2. The largest absolute Gasteiger partial charge is 0.493 e. The number of hydrogen-bond donors (Lipinski definition) is 4. The standard InChI is InChI=1S/C30H51N3O6/c1-19(2)22(14-21-10-11-26(38-8)27(15-21)39-13-9-12-37-7)16-24(31)25(34)17-23(20(3)4)28(35)33-18-30(5,6)29(32)36/h10-11,15,19,22,24-25,34H,9,12-14,16-18,31H2,1-8H3,(H2,32,36)(H,33,35)/t22-,24-,25-/m0/s1. The van der Waals surface area contributed by atoms with E-state index in [2.05, 4.69) is 19.2 Å². The molecule has 1 aromatic rings. The second kappa shape index (κ2) is 16.5. The lowest BCUT2D eigenvalue weighted by atomic mass is 9.82. The molecule has 6 N–H and O–H groups in total. The predicted molar refractivity (Wildman–Crippen MR) is 155 cm³/mol. The smallest absolute Gasteiger partial charge is 0.247 e. The van der Waals surface area contributed by atoms with Gasteiger partial charge >= 0.3 is 0 Å². The highest BCUT2D eigenvalue weighted by Gasteiger charge is 2.28. The minimum Gasteiger partial charge on any atom is -0.493 e. The van der Waals surface area contributed by atoms with Crippen LogP contribution in [-0.4, -0.2) is 63.0 Å². The Bertz CT molecular complexity index is 956. The third kappa shape index (κ3) is 11.6. The molecule has 39 heavy (non-hydrogen) atoms. The van der Waals surface area contributed by atoms with Crippen LogP contribution in [0.4, 0.5) is 0 Å². The summed E-state index contributed by atoms with van der Waals surface area (Å²) < 4.78 is 16.5. The van der Waals surface area contributed by atoms with Crippen LogP contribution in [0, 0.1) is 17.3 Å². The van der Waals surface area contributed by atoms with Crippen LogP contribution in [0.5, 0.6) is 11.5 Å². The van der Waals surface area contributed by atoms with Crippen molar-refractivity contribution >= 4 is 11.8 Å². The van der Waals surface area contributed by atoms with E-state index in [9.17, 15) is 14.7 Å². The van der Waals surface area contributed by atoms with E-state index < -0.39 is 23.5 Å². The van der Waals surface area contributed by atoms with E-state index in [1.54, 1.807) is 28.1 Å². The van der Waals surface area contributed by atoms with E-state index in [0.29, 0.717) is 42.6 Å². The molecule has 0 spiro atoms. The van der Waals surface area contributed by atoms with E-state index in [0.717, 1.165) is 24.0 Å². The average molecular weight is 550 g/mol. The molecule has 1 aromatic carbocycles. The van der Waals surface area contributed by atoms with Crippen molar-refractivity contribution in [1.29, 1.82) is 0 Å². The van der Waals surface area contributed by atoms with Crippen molar-refractivity contribution in [1.82, 2.24) is 5.32 Å². The van der Waals surface area contributed by atoms with E-state index in [1.807, 2.05) is 32.0 Å². The Balaban J connectivity index is 2.90. The Kier molecular flexibility index (Phi) is 14.5. The Morgan fingerprint density at radius 1 is 1.10 bits per heavy atom. The van der Waals surface area contributed by atoms with Crippen molar-refractivity contribution in [3.8, 4) is 11.5 Å². The fraction of sp³-hybridized carbons (Fsp3) is 0.667. The molecule has 2 amide bonds. The lowest BCUT2D eigenvalue weighted by Crippen LogP contribution is -2.44. The second-order valence-corrected chi connectivity index (χ2v) is 11.5. The van der Waals surface area contributed by atoms with Crippen molar-refractivity contribution in [2.45, 2.75) is 79.4 Å². The SMILES string of the molecule is COCCCOc1cc(C[C@@H](C[C@H](N)[C@@H](O)CC(C(=O)NCC(C)(C)C(N)=O)=C(C)C)C(C)C)ccc1OC. The molecule has 1 rings (SSSR count). The first-order valence-electron chi connectivity index (χ1n) is 13.7. The number of hydrogen-bond acceptors (Lipinski definition) is 7. The minimum absolute atomic E-state index is 0.107. The quantitative estimate of drug-likeness (QED) is 0.162. The Hall–Kier alpha value is -2.62. The van der Waals surface area contributed by atoms with Crippen molar-refractivity contribution in [3.05, 3.63) is 34.9 Å². The number of amides is 2. The Morgan fingerprint density at radius 3 is 2.31 bits per heavy atom. The van der Waals surface area contributed by atoms with Crippen molar-refractivity contribution < 1.29 is 28.9 Å². The number of carbonyl (C=O) groups is 2. The molecule has 0 bridgehead atoms. The second-order valence-electron chi connectivity index (χ2n) is 11.5. The van der Waals surface area contributed by atoms with Crippen LogP contribution in [0.2, 0.25) is 0 Å². The summed E-state index contributed by atoms with van der Waals surface area (Å²) in [4.78, 5) is 24.5. The van der Waals surface area contributed by atoms with Gasteiger partial charge in [-0.1, -0.05) is 25.5 Å². The first kappa shape index (κ1) is 34.4. The molecule has 0 aliphatic carbocycles. The van der Waals surface area contributed by atoms with E-state index in [4.69, 9.17) is 25.7 Å². The maximum absolute atomic E-state index is 12.9. The predicted octanol–water partition coefficient (Wildman–Crippen LogP) is 3.36. The van der Waals surface area contributed by atoms with Crippen LogP contribution in [0.15, 0.2) is 29.3 Å². The average Bonchev–Trinajstić information content (AvgIpc) is 2.87. The number of rotatable bonds is 18. The highest BCUT2D eigenvalue weighted by Crippen LogP contribution is 2.31. The molecule has 9 heteroatoms. The van der Waals surface area contributed by atoms with E-state index in [-0.39, 0.29) is 24.8 Å². The van der Waals surface area contributed by atoms with Gasteiger partial charge in [0, 0.05) is 44.7 Å². The van der Waals surface area contributed by atoms with Gasteiger partial charge in [-0.15, -0.1) is 0 Å². The molecule has 0 aliphatic heterocycles. The third-order valence-electron chi connectivity index (χ3n) is 7.14. The first-order valence-corrected chi connectivity index (χ1v) is 13.7. The molecule has 0 heterocycles. The molecule has 0 unspecified atom stereocenters. The van der Waals surface area contributed by atoms with Gasteiger partial charge < -0.3 is 36.1 Å². The number of primary amides is 1. The summed E-state index contributed by atoms with van der Waals surface area (Å²) in [7, 11) is 3.28. The summed E-state index contributed by atoms with van der Waals surface area (Å²) in [6.07, 6.45) is 1.34. The normalized spacial score (nSPS) is 13.9. The molecule has 0 aliphatic rings. The lowest BCUT2D eigenvalue weighted by Gasteiger charge is -2.28. The minimum atomic E-state index is -0.901. The van der Waals surface area contributed by atoms with Gasteiger partial charge in [-0.3, -0.25) is 9.59 Å². The molecular formula is C30H51N3O6. The molecular weight excluding hydrogens is 498 g/mol. The number of benzene rings is 1. The number of methoxy groups -OCH3 is 2. The van der Waals surface area contributed by atoms with Crippen molar-refractivity contribution in [2.75, 3.05) is 34.0 Å². The number of nitrogens with one attached hydrogen (secondary N) is 1. The number of aliphatic hydroxyl groups excluding tert-OH is 1. The topological polar surface area (TPSA) is 146 Å². The summed E-state index contributed by atoms with van der Waals surface area (Å²) in [5, 5.41) is 13.8. The maximum atomic E-state index is 12.9. The van der Waals surface area contributed by atoms with Crippen LogP contribution in [-0.2, 0) is 20.7 Å². The van der Waals surface area contributed by atoms with Crippen LogP contribution in [0.25, 0.3) is 0 Å². The van der Waals surface area contributed by atoms with Gasteiger partial charge in [-0.25, -0.2) is 0 Å². The molecule has 0 aromatic heterocycles. The summed E-state index contributed by atoms with van der Waals surface area (Å²) in [5.74, 6) is 1.06. The van der Waals surface area contributed by atoms with Gasteiger partial charge in [0.25, 0.3) is 0 Å². The molecule has 0 saturated heterocycles. The monoisotopic (exact) mass is 549 g/mol. The fourth-order valence-corrected chi connectivity index (χ4v) is 4.13. The number of nitrogens with two attached hydrogens (primary N) is 2. The highest BCUT2D eigenvalue weighted by molar-refractivity contribution is 5.94. The lowest BCUT2D eigenvalue weighted by molar-refractivity contribution is -0.126. The van der Waals surface area contributed by atoms with Gasteiger partial charge in [0.1, 0.15) is 0 Å². The molecule has 9 nitrogen and oxygen atoms in total. The zero-order valence-corrected chi connectivity index (χ0v) is 25.1. The number of ether oxygens (including phenoxy) is 3. The zero-order valence-electron chi connectivity index (χ0n) is 25.1. The van der Waals surface area contributed by atoms with Crippen LogP contribution in [0.3, 0.4) is 0 Å². The molecule has 0 fully saturated rings. The van der Waals surface area contributed by atoms with Gasteiger partial charge in [0.05, 0.1) is 25.2 Å². The summed E-state index contributed by atoms with van der Waals surface area (Å²) in [5.41, 5.74) is 13.4. The van der Waals surface area contributed by atoms with Crippen molar-refractivity contribution in [2.24, 2.45) is 28.7 Å². The van der Waals surface area contributed by atoms with Crippen LogP contribution < -0.4 is 26.3 Å². The van der Waals surface area contributed by atoms with Gasteiger partial charge in [0.15, 0.2) is 11.5 Å². The Labute approximate surface area is 234 Å². The molecule has 0 radical (unpaired) electrons. The van der Waals surface area contributed by atoms with Gasteiger partial charge in [-0.05, 0) is 70.1 Å². The van der Waals surface area contributed by atoms with E-state index in [1.165, 1.54) is 0 Å². The molecule has 3 atom stereocenters. The maximum Gasteiger partial charge on any atom is 0.247 e. The molecule has 222 valence electrons. The number of aliphatic hydroxyl groups is 1. The summed E-state index contributed by atoms with van der Waals surface area (Å²) in [6.45, 7) is 12.5. The third-order valence-corrected chi connectivity index (χ3v) is 7.14. The number of carbonyl (C=O) groups excluding carboxylic acids is 2. The highest BCUT2D eigenvalue weighted by atomic mass is 16.5. The zero-order chi connectivity index (χ0) is 29.8. The number of allylic oxidation sites excluding steroid dienone is 1. The Morgan fingerprint density at radius 2 is 1.77 bits per heavy atom. The summed E-state index contributed by atoms with van der Waals surface area (Å²) >= 11 is 0. The van der Waals surface area contributed by atoms with Crippen LogP contribution >= 0.6 is 0 Å². The fourth-order valence-electron chi connectivity index (χ4n) is 4.13. The molecule has 0 saturated carbocycles. The van der Waals surface area contributed by atoms with Crippen molar-refractivity contribution in [3.63, 3.8) is 0 Å².